The molecule has 0 aliphatic carbocycles. The van der Waals surface area contributed by atoms with Crippen molar-refractivity contribution in [3.8, 4) is 11.3 Å². The van der Waals surface area contributed by atoms with Crippen LogP contribution in [-0.2, 0) is 0 Å². The van der Waals surface area contributed by atoms with Gasteiger partial charge in [-0.2, -0.15) is 0 Å². The Kier molecular flexibility index (Phi) is 4.80. The second-order valence-electron chi connectivity index (χ2n) is 4.62. The smallest absolute Gasteiger partial charge is 0.185 e. The third kappa shape index (κ3) is 3.26. The molecule has 0 unspecified atom stereocenters. The first-order chi connectivity index (χ1) is 8.83. The predicted molar refractivity (Wildman–Crippen MR) is 84.6 cm³/mol. The van der Waals surface area contributed by atoms with E-state index in [0.717, 1.165) is 37.0 Å². The SMILES string of the molecule is Cc1ccc(-c2csc(N3CCNCC3)n2)cc1.Cl. The molecule has 0 radical (unpaired) electrons. The quantitative estimate of drug-likeness (QED) is 0.923. The van der Waals surface area contributed by atoms with Gasteiger partial charge in [0.15, 0.2) is 5.13 Å². The van der Waals surface area contributed by atoms with E-state index in [4.69, 9.17) is 4.98 Å². The van der Waals surface area contributed by atoms with Gasteiger partial charge in [0.05, 0.1) is 5.69 Å². The molecular weight excluding hydrogens is 278 g/mol. The third-order valence-electron chi connectivity index (χ3n) is 3.23. The van der Waals surface area contributed by atoms with E-state index < -0.39 is 0 Å². The van der Waals surface area contributed by atoms with Crippen LogP contribution in [-0.4, -0.2) is 31.2 Å². The Labute approximate surface area is 124 Å². The van der Waals surface area contributed by atoms with E-state index in [-0.39, 0.29) is 12.4 Å². The molecule has 1 aliphatic rings. The van der Waals surface area contributed by atoms with Gasteiger partial charge in [-0.15, -0.1) is 23.7 Å². The second-order valence-corrected chi connectivity index (χ2v) is 5.45. The van der Waals surface area contributed by atoms with E-state index in [1.165, 1.54) is 11.1 Å². The maximum absolute atomic E-state index is 4.75. The Balaban J connectivity index is 0.00000133. The topological polar surface area (TPSA) is 28.2 Å². The number of anilines is 1. The van der Waals surface area contributed by atoms with Crippen molar-refractivity contribution in [3.05, 3.63) is 35.2 Å². The molecule has 19 heavy (non-hydrogen) atoms. The maximum Gasteiger partial charge on any atom is 0.185 e. The van der Waals surface area contributed by atoms with Crippen LogP contribution in [0.15, 0.2) is 29.6 Å². The lowest BCUT2D eigenvalue weighted by Gasteiger charge is -2.26. The zero-order valence-electron chi connectivity index (χ0n) is 10.9. The number of hydrogen-bond acceptors (Lipinski definition) is 4. The van der Waals surface area contributed by atoms with Gasteiger partial charge in [-0.25, -0.2) is 4.98 Å². The highest BCUT2D eigenvalue weighted by atomic mass is 35.5. The van der Waals surface area contributed by atoms with Gasteiger partial charge in [-0.1, -0.05) is 29.8 Å². The number of rotatable bonds is 2. The summed E-state index contributed by atoms with van der Waals surface area (Å²) in [5.41, 5.74) is 3.59. The molecule has 1 N–H and O–H groups in total. The molecule has 3 rings (SSSR count). The van der Waals surface area contributed by atoms with Crippen LogP contribution >= 0.6 is 23.7 Å². The fourth-order valence-electron chi connectivity index (χ4n) is 2.12. The molecule has 0 spiro atoms. The largest absolute Gasteiger partial charge is 0.346 e. The van der Waals surface area contributed by atoms with E-state index >= 15 is 0 Å². The number of hydrogen-bond donors (Lipinski definition) is 1. The van der Waals surface area contributed by atoms with Gasteiger partial charge in [-0.3, -0.25) is 0 Å². The van der Waals surface area contributed by atoms with Crippen LogP contribution in [0.2, 0.25) is 0 Å². The molecule has 0 bridgehead atoms. The highest BCUT2D eigenvalue weighted by Crippen LogP contribution is 2.27. The monoisotopic (exact) mass is 295 g/mol. The Morgan fingerprint density at radius 3 is 2.53 bits per heavy atom. The number of benzene rings is 1. The summed E-state index contributed by atoms with van der Waals surface area (Å²) in [5.74, 6) is 0. The van der Waals surface area contributed by atoms with Gasteiger partial charge in [0, 0.05) is 37.1 Å². The van der Waals surface area contributed by atoms with Gasteiger partial charge in [0.2, 0.25) is 0 Å². The van der Waals surface area contributed by atoms with Crippen molar-refractivity contribution in [2.45, 2.75) is 6.92 Å². The Morgan fingerprint density at radius 2 is 1.84 bits per heavy atom. The number of nitrogens with zero attached hydrogens (tertiary/aromatic N) is 2. The second kappa shape index (κ2) is 6.37. The van der Waals surface area contributed by atoms with Gasteiger partial charge in [0.25, 0.3) is 0 Å². The predicted octanol–water partition coefficient (Wildman–Crippen LogP) is 2.95. The number of piperazine rings is 1. The number of aryl methyl sites for hydroxylation is 1. The van der Waals surface area contributed by atoms with Crippen molar-refractivity contribution < 1.29 is 0 Å². The number of aromatic nitrogens is 1. The molecule has 0 amide bonds. The summed E-state index contributed by atoms with van der Waals surface area (Å²) in [5, 5.41) is 6.66. The van der Waals surface area contributed by atoms with Crippen LogP contribution < -0.4 is 10.2 Å². The molecule has 102 valence electrons. The Morgan fingerprint density at radius 1 is 1.16 bits per heavy atom. The average Bonchev–Trinajstić information content (AvgIpc) is 2.90. The van der Waals surface area contributed by atoms with Crippen LogP contribution in [0.4, 0.5) is 5.13 Å². The van der Waals surface area contributed by atoms with Crippen molar-refractivity contribution in [3.63, 3.8) is 0 Å². The minimum absolute atomic E-state index is 0. The van der Waals surface area contributed by atoms with Crippen molar-refractivity contribution in [2.24, 2.45) is 0 Å². The van der Waals surface area contributed by atoms with Crippen molar-refractivity contribution in [1.29, 1.82) is 0 Å². The van der Waals surface area contributed by atoms with Gasteiger partial charge in [-0.05, 0) is 6.92 Å². The van der Waals surface area contributed by atoms with E-state index in [0.29, 0.717) is 0 Å². The fourth-order valence-corrected chi connectivity index (χ4v) is 3.01. The molecule has 2 aromatic rings. The summed E-state index contributed by atoms with van der Waals surface area (Å²) in [4.78, 5) is 7.11. The first-order valence-corrected chi connectivity index (χ1v) is 7.19. The molecule has 0 saturated carbocycles. The van der Waals surface area contributed by atoms with E-state index in [9.17, 15) is 0 Å². The summed E-state index contributed by atoms with van der Waals surface area (Å²) in [6.45, 7) is 6.33. The number of nitrogens with one attached hydrogen (secondary N) is 1. The van der Waals surface area contributed by atoms with Gasteiger partial charge < -0.3 is 10.2 Å². The summed E-state index contributed by atoms with van der Waals surface area (Å²) >= 11 is 1.74. The summed E-state index contributed by atoms with van der Waals surface area (Å²) < 4.78 is 0. The molecule has 1 saturated heterocycles. The first kappa shape index (κ1) is 14.3. The van der Waals surface area contributed by atoms with E-state index in [2.05, 4.69) is 46.8 Å². The van der Waals surface area contributed by atoms with Crippen molar-refractivity contribution in [1.82, 2.24) is 10.3 Å². The van der Waals surface area contributed by atoms with Crippen LogP contribution in [0.1, 0.15) is 5.56 Å². The normalized spacial score (nSPS) is 15.1. The maximum atomic E-state index is 4.75. The minimum Gasteiger partial charge on any atom is -0.346 e. The Bertz CT molecular complexity index is 518. The zero-order chi connectivity index (χ0) is 12.4. The van der Waals surface area contributed by atoms with Crippen LogP contribution in [0.5, 0.6) is 0 Å². The Hall–Kier alpha value is -1.10. The molecule has 3 nitrogen and oxygen atoms in total. The standard InChI is InChI=1S/C14H17N3S.ClH/c1-11-2-4-12(5-3-11)13-10-18-14(16-13)17-8-6-15-7-9-17;/h2-5,10,15H,6-9H2,1H3;1H. The summed E-state index contributed by atoms with van der Waals surface area (Å²) in [7, 11) is 0. The van der Waals surface area contributed by atoms with E-state index in [1.807, 2.05) is 0 Å². The molecule has 1 fully saturated rings. The summed E-state index contributed by atoms with van der Waals surface area (Å²) in [6, 6.07) is 8.57. The highest BCUT2D eigenvalue weighted by Gasteiger charge is 2.14. The van der Waals surface area contributed by atoms with Crippen molar-refractivity contribution in [2.75, 3.05) is 31.1 Å². The molecular formula is C14H18ClN3S. The van der Waals surface area contributed by atoms with Crippen LogP contribution in [0.25, 0.3) is 11.3 Å². The lowest BCUT2D eigenvalue weighted by atomic mass is 10.1. The highest BCUT2D eigenvalue weighted by molar-refractivity contribution is 7.14. The summed E-state index contributed by atoms with van der Waals surface area (Å²) in [6.07, 6.45) is 0. The van der Waals surface area contributed by atoms with Crippen LogP contribution in [0, 0.1) is 6.92 Å². The molecule has 5 heteroatoms. The number of halogens is 1. The third-order valence-corrected chi connectivity index (χ3v) is 4.13. The molecule has 1 aromatic heterocycles. The minimum atomic E-state index is 0. The fraction of sp³-hybridized carbons (Fsp3) is 0.357. The molecule has 1 aliphatic heterocycles. The molecule has 0 atom stereocenters. The zero-order valence-corrected chi connectivity index (χ0v) is 12.6. The van der Waals surface area contributed by atoms with Gasteiger partial charge in [0.1, 0.15) is 0 Å². The number of thiazole rings is 1. The lowest BCUT2D eigenvalue weighted by molar-refractivity contribution is 0.588. The molecule has 2 heterocycles. The average molecular weight is 296 g/mol. The first-order valence-electron chi connectivity index (χ1n) is 6.31. The molecule has 1 aromatic carbocycles. The lowest BCUT2D eigenvalue weighted by Crippen LogP contribution is -2.43. The van der Waals surface area contributed by atoms with E-state index in [1.54, 1.807) is 11.3 Å². The van der Waals surface area contributed by atoms with Crippen molar-refractivity contribution >= 4 is 28.9 Å². The van der Waals surface area contributed by atoms with Crippen LogP contribution in [0.3, 0.4) is 0 Å². The van der Waals surface area contributed by atoms with Gasteiger partial charge >= 0.3 is 0 Å².